The normalized spacial score (nSPS) is 11.6. The minimum absolute atomic E-state index is 0.0205. The number of carbonyl (C=O) groups is 1. The smallest absolute Gasteiger partial charge is 0.261 e. The van der Waals surface area contributed by atoms with E-state index in [0.717, 1.165) is 6.26 Å². The molecule has 0 aliphatic carbocycles. The van der Waals surface area contributed by atoms with Gasteiger partial charge in [0.15, 0.2) is 0 Å². The highest BCUT2D eigenvalue weighted by Gasteiger charge is 2.16. The molecule has 0 unspecified atom stereocenters. The fourth-order valence-corrected chi connectivity index (χ4v) is 4.66. The van der Waals surface area contributed by atoms with Crippen LogP contribution in [0.5, 0.6) is 0 Å². The van der Waals surface area contributed by atoms with Gasteiger partial charge in [-0.1, -0.05) is 29.3 Å². The summed E-state index contributed by atoms with van der Waals surface area (Å²) in [5.41, 5.74) is 0.844. The van der Waals surface area contributed by atoms with Gasteiger partial charge >= 0.3 is 0 Å². The van der Waals surface area contributed by atoms with Gasteiger partial charge in [-0.3, -0.25) is 14.2 Å². The van der Waals surface area contributed by atoms with Crippen LogP contribution in [0, 0.1) is 0 Å². The van der Waals surface area contributed by atoms with E-state index in [1.165, 1.54) is 48.5 Å². The Bertz CT molecular complexity index is 1380. The van der Waals surface area contributed by atoms with E-state index < -0.39 is 26.0 Å². The molecule has 0 spiro atoms. The number of nitrogens with one attached hydrogen (secondary N) is 3. The summed E-state index contributed by atoms with van der Waals surface area (Å²) in [4.78, 5) is 12.6. The topological polar surface area (TPSA) is 121 Å². The maximum Gasteiger partial charge on any atom is 0.261 e. The SMILES string of the molecule is CS(=O)(=O)Nc1ccc(Cl)c(C(=O)Nc2ccc(S(=O)(=O)Nc3cccc(Cl)c3)cc2)c1. The van der Waals surface area contributed by atoms with Crippen LogP contribution in [-0.4, -0.2) is 29.0 Å². The first-order valence-electron chi connectivity index (χ1n) is 8.90. The lowest BCUT2D eigenvalue weighted by Gasteiger charge is -2.11. The van der Waals surface area contributed by atoms with Crippen molar-refractivity contribution in [2.24, 2.45) is 0 Å². The van der Waals surface area contributed by atoms with Gasteiger partial charge in [0, 0.05) is 16.4 Å². The molecule has 0 radical (unpaired) electrons. The molecule has 3 N–H and O–H groups in total. The molecule has 3 rings (SSSR count). The summed E-state index contributed by atoms with van der Waals surface area (Å²) in [5.74, 6) is -0.597. The third-order valence-electron chi connectivity index (χ3n) is 4.01. The maximum atomic E-state index is 12.6. The monoisotopic (exact) mass is 513 g/mol. The minimum Gasteiger partial charge on any atom is -0.322 e. The van der Waals surface area contributed by atoms with E-state index in [1.807, 2.05) is 0 Å². The molecule has 168 valence electrons. The Balaban J connectivity index is 1.76. The second-order valence-electron chi connectivity index (χ2n) is 6.66. The molecule has 1 amide bonds. The summed E-state index contributed by atoms with van der Waals surface area (Å²) in [5, 5.41) is 3.10. The Morgan fingerprint density at radius 1 is 0.781 bits per heavy atom. The second-order valence-corrected chi connectivity index (χ2v) is 10.9. The Labute approximate surface area is 195 Å². The van der Waals surface area contributed by atoms with E-state index in [1.54, 1.807) is 18.2 Å². The van der Waals surface area contributed by atoms with Crippen molar-refractivity contribution >= 4 is 66.2 Å². The predicted molar refractivity (Wildman–Crippen MR) is 127 cm³/mol. The molecule has 0 aliphatic heterocycles. The van der Waals surface area contributed by atoms with Gasteiger partial charge < -0.3 is 5.32 Å². The lowest BCUT2D eigenvalue weighted by atomic mass is 10.2. The van der Waals surface area contributed by atoms with Crippen LogP contribution < -0.4 is 14.8 Å². The summed E-state index contributed by atoms with van der Waals surface area (Å²) in [6.45, 7) is 0. The number of benzene rings is 3. The Morgan fingerprint density at radius 2 is 1.41 bits per heavy atom. The van der Waals surface area contributed by atoms with Gasteiger partial charge in [-0.2, -0.15) is 0 Å². The largest absolute Gasteiger partial charge is 0.322 e. The van der Waals surface area contributed by atoms with E-state index in [9.17, 15) is 21.6 Å². The van der Waals surface area contributed by atoms with Crippen molar-refractivity contribution in [1.82, 2.24) is 0 Å². The Morgan fingerprint density at radius 3 is 2.03 bits per heavy atom. The summed E-state index contributed by atoms with van der Waals surface area (Å²) >= 11 is 11.9. The van der Waals surface area contributed by atoms with Crippen LogP contribution in [0.4, 0.5) is 17.1 Å². The van der Waals surface area contributed by atoms with E-state index in [4.69, 9.17) is 23.2 Å². The molecular weight excluding hydrogens is 497 g/mol. The predicted octanol–water partition coefficient (Wildman–Crippen LogP) is 4.42. The molecule has 0 saturated carbocycles. The zero-order valence-corrected chi connectivity index (χ0v) is 19.6. The summed E-state index contributed by atoms with van der Waals surface area (Å²) in [6, 6.07) is 15.9. The standard InChI is InChI=1S/C20H17Cl2N3O5S2/c1-31(27,28)24-16-7-10-19(22)18(12-16)20(26)23-14-5-8-17(9-6-14)32(29,30)25-15-4-2-3-13(21)11-15/h2-12,24-25H,1H3,(H,23,26). The first-order chi connectivity index (χ1) is 14.9. The number of anilines is 3. The van der Waals surface area contributed by atoms with Crippen LogP contribution in [0.1, 0.15) is 10.4 Å². The van der Waals surface area contributed by atoms with Crippen LogP contribution >= 0.6 is 23.2 Å². The molecule has 0 aromatic heterocycles. The van der Waals surface area contributed by atoms with Crippen molar-refractivity contribution in [2.75, 3.05) is 21.0 Å². The first-order valence-corrected chi connectivity index (χ1v) is 13.0. The molecule has 0 bridgehead atoms. The first kappa shape index (κ1) is 23.9. The third-order valence-corrected chi connectivity index (χ3v) is 6.58. The van der Waals surface area contributed by atoms with Crippen LogP contribution in [0.25, 0.3) is 0 Å². The summed E-state index contributed by atoms with van der Waals surface area (Å²) < 4.78 is 52.6. The number of halogens is 2. The fraction of sp³-hybridized carbons (Fsp3) is 0.0500. The van der Waals surface area contributed by atoms with E-state index in [2.05, 4.69) is 14.8 Å². The number of hydrogen-bond donors (Lipinski definition) is 3. The van der Waals surface area contributed by atoms with Gasteiger partial charge in [0.1, 0.15) is 0 Å². The lowest BCUT2D eigenvalue weighted by Crippen LogP contribution is -2.15. The number of hydrogen-bond acceptors (Lipinski definition) is 5. The highest BCUT2D eigenvalue weighted by atomic mass is 35.5. The third kappa shape index (κ3) is 6.36. The molecule has 0 atom stereocenters. The molecule has 0 heterocycles. The molecule has 12 heteroatoms. The molecular formula is C20H17Cl2N3O5S2. The van der Waals surface area contributed by atoms with E-state index in [-0.39, 0.29) is 21.2 Å². The molecule has 3 aromatic carbocycles. The van der Waals surface area contributed by atoms with Crippen LogP contribution in [0.2, 0.25) is 10.0 Å². The minimum atomic E-state index is -3.86. The number of carbonyl (C=O) groups excluding carboxylic acids is 1. The average molecular weight is 514 g/mol. The van der Waals surface area contributed by atoms with Crippen LogP contribution in [0.15, 0.2) is 71.6 Å². The average Bonchev–Trinajstić information content (AvgIpc) is 2.68. The number of sulfonamides is 2. The molecule has 0 aliphatic rings. The Hall–Kier alpha value is -2.79. The highest BCUT2D eigenvalue weighted by molar-refractivity contribution is 7.92. The van der Waals surface area contributed by atoms with Crippen LogP contribution in [-0.2, 0) is 20.0 Å². The highest BCUT2D eigenvalue weighted by Crippen LogP contribution is 2.24. The van der Waals surface area contributed by atoms with E-state index in [0.29, 0.717) is 16.4 Å². The summed E-state index contributed by atoms with van der Waals surface area (Å²) in [6.07, 6.45) is 0.984. The van der Waals surface area contributed by atoms with Gasteiger partial charge in [-0.05, 0) is 60.7 Å². The molecule has 0 fully saturated rings. The van der Waals surface area contributed by atoms with Crippen molar-refractivity contribution in [2.45, 2.75) is 4.90 Å². The van der Waals surface area contributed by atoms with Gasteiger partial charge in [0.05, 0.1) is 27.4 Å². The van der Waals surface area contributed by atoms with Crippen LogP contribution in [0.3, 0.4) is 0 Å². The molecule has 32 heavy (non-hydrogen) atoms. The van der Waals surface area contributed by atoms with E-state index >= 15 is 0 Å². The van der Waals surface area contributed by atoms with Gasteiger partial charge in [-0.25, -0.2) is 16.8 Å². The number of amides is 1. The quantitative estimate of drug-likeness (QED) is 0.431. The van der Waals surface area contributed by atoms with Crippen molar-refractivity contribution in [3.05, 3.63) is 82.3 Å². The second kappa shape index (κ2) is 9.37. The van der Waals surface area contributed by atoms with Gasteiger partial charge in [0.2, 0.25) is 10.0 Å². The fourth-order valence-electron chi connectivity index (χ4n) is 2.66. The van der Waals surface area contributed by atoms with Gasteiger partial charge in [0.25, 0.3) is 15.9 Å². The molecule has 3 aromatic rings. The maximum absolute atomic E-state index is 12.6. The molecule has 8 nitrogen and oxygen atoms in total. The van der Waals surface area contributed by atoms with Crippen molar-refractivity contribution < 1.29 is 21.6 Å². The van der Waals surface area contributed by atoms with Crippen molar-refractivity contribution in [3.63, 3.8) is 0 Å². The number of rotatable bonds is 7. The summed E-state index contributed by atoms with van der Waals surface area (Å²) in [7, 11) is -7.39. The molecule has 0 saturated heterocycles. The van der Waals surface area contributed by atoms with Crippen molar-refractivity contribution in [1.29, 1.82) is 0 Å². The zero-order chi connectivity index (χ0) is 23.5. The zero-order valence-electron chi connectivity index (χ0n) is 16.5. The van der Waals surface area contributed by atoms with Crippen molar-refractivity contribution in [3.8, 4) is 0 Å². The van der Waals surface area contributed by atoms with Gasteiger partial charge in [-0.15, -0.1) is 0 Å². The Kier molecular flexibility index (Phi) is 6.99. The lowest BCUT2D eigenvalue weighted by molar-refractivity contribution is 0.102.